The van der Waals surface area contributed by atoms with E-state index in [0.717, 1.165) is 5.56 Å². The summed E-state index contributed by atoms with van der Waals surface area (Å²) in [6, 6.07) is 3.37. The molecule has 0 aliphatic heterocycles. The number of ether oxygens (including phenoxy) is 1. The minimum Gasteiger partial charge on any atom is -0.464 e. The average Bonchev–Trinajstić information content (AvgIpc) is 2.29. The first-order valence-electron chi connectivity index (χ1n) is 4.59. The van der Waals surface area contributed by atoms with E-state index in [9.17, 15) is 4.79 Å². The zero-order chi connectivity index (χ0) is 11.1. The molecular weight excluding hydrogens is 194 g/mol. The molecule has 0 fully saturated rings. The smallest absolute Gasteiger partial charge is 0.356 e. The molecule has 1 heterocycles. The average molecular weight is 207 g/mol. The van der Waals surface area contributed by atoms with Crippen molar-refractivity contribution >= 4 is 12.0 Å². The van der Waals surface area contributed by atoms with Crippen molar-refractivity contribution in [3.8, 4) is 0 Å². The van der Waals surface area contributed by atoms with Gasteiger partial charge in [-0.1, -0.05) is 18.2 Å². The van der Waals surface area contributed by atoms with Gasteiger partial charge in [0.15, 0.2) is 0 Å². The summed E-state index contributed by atoms with van der Waals surface area (Å²) in [6.07, 6.45) is 5.87. The first kappa shape index (κ1) is 11.4. The Balaban J connectivity index is 2.68. The Morgan fingerprint density at radius 2 is 2.40 bits per heavy atom. The maximum Gasteiger partial charge on any atom is 0.356 e. The van der Waals surface area contributed by atoms with E-state index in [1.807, 2.05) is 12.2 Å². The Kier molecular flexibility index (Phi) is 4.50. The number of methoxy groups -OCH3 is 1. The fourth-order valence-corrected chi connectivity index (χ4v) is 1.02. The summed E-state index contributed by atoms with van der Waals surface area (Å²) in [5.41, 5.74) is 1.17. The molecule has 0 spiro atoms. The number of pyridine rings is 1. The van der Waals surface area contributed by atoms with Crippen molar-refractivity contribution in [2.75, 3.05) is 13.7 Å². The lowest BCUT2D eigenvalue weighted by Crippen LogP contribution is -2.03. The number of hydrogen-bond acceptors (Lipinski definition) is 4. The van der Waals surface area contributed by atoms with Crippen LogP contribution in [0.2, 0.25) is 0 Å². The van der Waals surface area contributed by atoms with Gasteiger partial charge in [0.2, 0.25) is 0 Å². The molecular formula is C11H13NO3. The Morgan fingerprint density at radius 3 is 2.93 bits per heavy atom. The van der Waals surface area contributed by atoms with Crippen LogP contribution in [0.3, 0.4) is 0 Å². The molecule has 0 saturated carbocycles. The van der Waals surface area contributed by atoms with Crippen molar-refractivity contribution < 1.29 is 14.6 Å². The number of nitrogens with zero attached hydrogens (tertiary/aromatic N) is 1. The molecule has 0 saturated heterocycles. The van der Waals surface area contributed by atoms with E-state index in [-0.39, 0.29) is 12.3 Å². The van der Waals surface area contributed by atoms with Crippen LogP contribution in [-0.2, 0) is 4.74 Å². The third kappa shape index (κ3) is 3.52. The van der Waals surface area contributed by atoms with Crippen molar-refractivity contribution in [1.82, 2.24) is 4.98 Å². The van der Waals surface area contributed by atoms with Crippen LogP contribution in [0.4, 0.5) is 0 Å². The summed E-state index contributed by atoms with van der Waals surface area (Å²) in [7, 11) is 1.32. The standard InChI is InChI=1S/C11H13NO3/c1-15-11(14)10-6-5-9(8-12-10)4-2-3-7-13/h2,4-6,8,13H,3,7H2,1H3/b4-2+. The first-order valence-corrected chi connectivity index (χ1v) is 4.59. The van der Waals surface area contributed by atoms with Gasteiger partial charge in [-0.15, -0.1) is 0 Å². The van der Waals surface area contributed by atoms with Crippen LogP contribution in [0.15, 0.2) is 24.4 Å². The SMILES string of the molecule is COC(=O)c1ccc(/C=C/CCO)cn1. The number of aliphatic hydroxyl groups excluding tert-OH is 1. The van der Waals surface area contributed by atoms with E-state index >= 15 is 0 Å². The number of carbonyl (C=O) groups is 1. The van der Waals surface area contributed by atoms with Crippen molar-refractivity contribution in [3.05, 3.63) is 35.7 Å². The molecule has 80 valence electrons. The van der Waals surface area contributed by atoms with Crippen LogP contribution in [0.1, 0.15) is 22.5 Å². The first-order chi connectivity index (χ1) is 7.27. The fraction of sp³-hybridized carbons (Fsp3) is 0.273. The van der Waals surface area contributed by atoms with Gasteiger partial charge in [-0.05, 0) is 18.1 Å². The van der Waals surface area contributed by atoms with E-state index in [4.69, 9.17) is 5.11 Å². The molecule has 0 radical (unpaired) electrons. The number of aliphatic hydroxyl groups is 1. The third-order valence-electron chi connectivity index (χ3n) is 1.79. The molecule has 4 nitrogen and oxygen atoms in total. The molecule has 0 bridgehead atoms. The third-order valence-corrected chi connectivity index (χ3v) is 1.79. The molecule has 1 rings (SSSR count). The zero-order valence-corrected chi connectivity index (χ0v) is 8.51. The lowest BCUT2D eigenvalue weighted by Gasteiger charge is -1.98. The summed E-state index contributed by atoms with van der Waals surface area (Å²) >= 11 is 0. The van der Waals surface area contributed by atoms with Crippen LogP contribution < -0.4 is 0 Å². The normalized spacial score (nSPS) is 10.5. The summed E-state index contributed by atoms with van der Waals surface area (Å²) in [6.45, 7) is 0.129. The Morgan fingerprint density at radius 1 is 1.60 bits per heavy atom. The van der Waals surface area contributed by atoms with Crippen molar-refractivity contribution in [2.24, 2.45) is 0 Å². The van der Waals surface area contributed by atoms with Gasteiger partial charge in [0.25, 0.3) is 0 Å². The fourth-order valence-electron chi connectivity index (χ4n) is 1.02. The maximum atomic E-state index is 11.0. The molecule has 1 aromatic rings. The second-order valence-electron chi connectivity index (χ2n) is 2.88. The maximum absolute atomic E-state index is 11.0. The van der Waals surface area contributed by atoms with Gasteiger partial charge in [0.05, 0.1) is 7.11 Å². The number of esters is 1. The van der Waals surface area contributed by atoms with Crippen LogP contribution in [0.5, 0.6) is 0 Å². The molecule has 15 heavy (non-hydrogen) atoms. The van der Waals surface area contributed by atoms with Gasteiger partial charge in [0, 0.05) is 12.8 Å². The molecule has 0 unspecified atom stereocenters. The predicted octanol–water partition coefficient (Wildman–Crippen LogP) is 1.26. The van der Waals surface area contributed by atoms with Gasteiger partial charge in [-0.25, -0.2) is 9.78 Å². The number of hydrogen-bond donors (Lipinski definition) is 1. The van der Waals surface area contributed by atoms with Gasteiger partial charge in [0.1, 0.15) is 5.69 Å². The molecule has 1 N–H and O–H groups in total. The van der Waals surface area contributed by atoms with Gasteiger partial charge >= 0.3 is 5.97 Å². The van der Waals surface area contributed by atoms with E-state index < -0.39 is 5.97 Å². The molecule has 0 atom stereocenters. The van der Waals surface area contributed by atoms with Crippen LogP contribution >= 0.6 is 0 Å². The van der Waals surface area contributed by atoms with Crippen molar-refractivity contribution in [2.45, 2.75) is 6.42 Å². The quantitative estimate of drug-likeness (QED) is 0.755. The minimum absolute atomic E-state index is 0.129. The highest BCUT2D eigenvalue weighted by molar-refractivity contribution is 5.87. The lowest BCUT2D eigenvalue weighted by atomic mass is 10.2. The van der Waals surface area contributed by atoms with Gasteiger partial charge in [-0.2, -0.15) is 0 Å². The molecule has 0 aromatic carbocycles. The van der Waals surface area contributed by atoms with E-state index in [0.29, 0.717) is 6.42 Å². The van der Waals surface area contributed by atoms with Crippen molar-refractivity contribution in [3.63, 3.8) is 0 Å². The molecule has 4 heteroatoms. The molecule has 1 aromatic heterocycles. The van der Waals surface area contributed by atoms with Gasteiger partial charge < -0.3 is 9.84 Å². The second kappa shape index (κ2) is 5.93. The summed E-state index contributed by atoms with van der Waals surface area (Å²) < 4.78 is 4.52. The number of rotatable bonds is 4. The van der Waals surface area contributed by atoms with Crippen LogP contribution in [0, 0.1) is 0 Å². The lowest BCUT2D eigenvalue weighted by molar-refractivity contribution is 0.0594. The van der Waals surface area contributed by atoms with Crippen molar-refractivity contribution in [1.29, 1.82) is 0 Å². The highest BCUT2D eigenvalue weighted by Gasteiger charge is 2.04. The summed E-state index contributed by atoms with van der Waals surface area (Å²) in [4.78, 5) is 15.0. The van der Waals surface area contributed by atoms with Crippen LogP contribution in [0.25, 0.3) is 6.08 Å². The Hall–Kier alpha value is -1.68. The number of carbonyl (C=O) groups excluding carboxylic acids is 1. The van der Waals surface area contributed by atoms with E-state index in [1.54, 1.807) is 18.3 Å². The van der Waals surface area contributed by atoms with E-state index in [1.165, 1.54) is 7.11 Å². The summed E-state index contributed by atoms with van der Waals surface area (Å²) in [5.74, 6) is -0.444. The topological polar surface area (TPSA) is 59.4 Å². The Labute approximate surface area is 88.2 Å². The molecule has 0 aliphatic rings. The second-order valence-corrected chi connectivity index (χ2v) is 2.88. The highest BCUT2D eigenvalue weighted by atomic mass is 16.5. The van der Waals surface area contributed by atoms with E-state index in [2.05, 4.69) is 9.72 Å². The Bertz CT molecular complexity index is 343. The zero-order valence-electron chi connectivity index (χ0n) is 8.51. The molecule has 0 aliphatic carbocycles. The largest absolute Gasteiger partial charge is 0.464 e. The monoisotopic (exact) mass is 207 g/mol. The number of aromatic nitrogens is 1. The van der Waals surface area contributed by atoms with Gasteiger partial charge in [-0.3, -0.25) is 0 Å². The predicted molar refractivity (Wildman–Crippen MR) is 56.3 cm³/mol. The summed E-state index contributed by atoms with van der Waals surface area (Å²) in [5, 5.41) is 8.57. The molecule has 0 amide bonds. The minimum atomic E-state index is -0.444. The highest BCUT2D eigenvalue weighted by Crippen LogP contribution is 2.04. The van der Waals surface area contributed by atoms with Crippen LogP contribution in [-0.4, -0.2) is 29.8 Å².